The number of hydrogen-bond donors (Lipinski definition) is 2. The number of phenols is 2. The van der Waals surface area contributed by atoms with Gasteiger partial charge >= 0.3 is 0 Å². The van der Waals surface area contributed by atoms with Crippen LogP contribution in [0.3, 0.4) is 0 Å². The molecule has 0 amide bonds. The van der Waals surface area contributed by atoms with E-state index in [-0.39, 0.29) is 35.8 Å². The molecule has 0 aliphatic rings. The van der Waals surface area contributed by atoms with Crippen LogP contribution in [0.5, 0.6) is 23.0 Å². The minimum absolute atomic E-state index is 0.150. The van der Waals surface area contributed by atoms with E-state index < -0.39 is 0 Å². The van der Waals surface area contributed by atoms with E-state index in [9.17, 15) is 19.8 Å². The molecule has 2 N–H and O–H groups in total. The molecule has 0 atom stereocenters. The Bertz CT molecular complexity index is 621. The molecule has 22 heavy (non-hydrogen) atoms. The summed E-state index contributed by atoms with van der Waals surface area (Å²) < 4.78 is 10.7. The molecule has 0 unspecified atom stereocenters. The van der Waals surface area contributed by atoms with Gasteiger partial charge in [0, 0.05) is 12.1 Å². The number of carbonyl (C=O) groups is 2. The minimum Gasteiger partial charge on any atom is -0.507 e. The highest BCUT2D eigenvalue weighted by Crippen LogP contribution is 2.23. The Balaban J connectivity index is 1.84. The third kappa shape index (κ3) is 3.76. The normalized spacial score (nSPS) is 10.0. The van der Waals surface area contributed by atoms with E-state index in [0.29, 0.717) is 24.1 Å². The van der Waals surface area contributed by atoms with Gasteiger partial charge in [-0.15, -0.1) is 0 Å². The smallest absolute Gasteiger partial charge is 0.153 e. The standard InChI is InChI=1S/C16H14O6/c17-9-11-1-3-13(7-15(11)19)21-5-6-22-14-4-2-12(10-18)16(20)8-14/h1-4,7-10,19-20H,5-6H2. The quantitative estimate of drug-likeness (QED) is 0.601. The first-order valence-corrected chi connectivity index (χ1v) is 6.46. The van der Waals surface area contributed by atoms with Crippen LogP contribution in [0.15, 0.2) is 36.4 Å². The maximum Gasteiger partial charge on any atom is 0.153 e. The summed E-state index contributed by atoms with van der Waals surface area (Å²) >= 11 is 0. The largest absolute Gasteiger partial charge is 0.507 e. The molecule has 0 bridgehead atoms. The van der Waals surface area contributed by atoms with E-state index in [4.69, 9.17) is 9.47 Å². The SMILES string of the molecule is O=Cc1ccc(OCCOc2ccc(C=O)c(O)c2)cc1O. The van der Waals surface area contributed by atoms with Gasteiger partial charge in [-0.2, -0.15) is 0 Å². The molecule has 0 saturated heterocycles. The maximum absolute atomic E-state index is 10.6. The molecule has 0 aliphatic carbocycles. The van der Waals surface area contributed by atoms with Crippen LogP contribution in [-0.4, -0.2) is 36.0 Å². The molecule has 0 aromatic heterocycles. The zero-order valence-electron chi connectivity index (χ0n) is 11.6. The fraction of sp³-hybridized carbons (Fsp3) is 0.125. The fourth-order valence-electron chi connectivity index (χ4n) is 1.74. The molecule has 0 spiro atoms. The minimum atomic E-state index is -0.150. The van der Waals surface area contributed by atoms with E-state index in [1.165, 1.54) is 24.3 Å². The molecule has 0 heterocycles. The summed E-state index contributed by atoms with van der Waals surface area (Å²) in [6, 6.07) is 8.72. The van der Waals surface area contributed by atoms with Crippen molar-refractivity contribution in [1.82, 2.24) is 0 Å². The Morgan fingerprint density at radius 2 is 1.18 bits per heavy atom. The van der Waals surface area contributed by atoms with Crippen LogP contribution in [0.2, 0.25) is 0 Å². The summed E-state index contributed by atoms with van der Waals surface area (Å²) in [6.07, 6.45) is 1.11. The van der Waals surface area contributed by atoms with Crippen molar-refractivity contribution in [3.05, 3.63) is 47.5 Å². The maximum atomic E-state index is 10.6. The van der Waals surface area contributed by atoms with Crippen LogP contribution in [0, 0.1) is 0 Å². The molecule has 0 fully saturated rings. The van der Waals surface area contributed by atoms with Crippen molar-refractivity contribution in [2.45, 2.75) is 0 Å². The molecular formula is C16H14O6. The second-order valence-corrected chi connectivity index (χ2v) is 4.37. The van der Waals surface area contributed by atoms with E-state index in [2.05, 4.69) is 0 Å². The Labute approximate surface area is 126 Å². The lowest BCUT2D eigenvalue weighted by Crippen LogP contribution is -2.09. The van der Waals surface area contributed by atoms with Crippen molar-refractivity contribution in [3.8, 4) is 23.0 Å². The first-order valence-electron chi connectivity index (χ1n) is 6.46. The third-order valence-electron chi connectivity index (χ3n) is 2.88. The molecule has 114 valence electrons. The molecular weight excluding hydrogens is 288 g/mol. The number of hydrogen-bond acceptors (Lipinski definition) is 6. The molecule has 2 aromatic carbocycles. The lowest BCUT2D eigenvalue weighted by molar-refractivity contribution is 0.111. The Kier molecular flexibility index (Phi) is 4.98. The average molecular weight is 302 g/mol. The van der Waals surface area contributed by atoms with Gasteiger partial charge in [0.15, 0.2) is 12.6 Å². The molecule has 6 nitrogen and oxygen atoms in total. The van der Waals surface area contributed by atoms with E-state index in [1.54, 1.807) is 12.1 Å². The number of ether oxygens (including phenoxy) is 2. The first kappa shape index (κ1) is 15.4. The van der Waals surface area contributed by atoms with Gasteiger partial charge in [-0.3, -0.25) is 9.59 Å². The van der Waals surface area contributed by atoms with E-state index in [1.807, 2.05) is 0 Å². The number of benzene rings is 2. The lowest BCUT2D eigenvalue weighted by Gasteiger charge is -2.09. The van der Waals surface area contributed by atoms with E-state index >= 15 is 0 Å². The van der Waals surface area contributed by atoms with Gasteiger partial charge in [-0.25, -0.2) is 0 Å². The van der Waals surface area contributed by atoms with Crippen LogP contribution in [0.25, 0.3) is 0 Å². The van der Waals surface area contributed by atoms with Crippen LogP contribution in [-0.2, 0) is 0 Å². The Morgan fingerprint density at radius 1 is 0.773 bits per heavy atom. The Morgan fingerprint density at radius 3 is 1.50 bits per heavy atom. The van der Waals surface area contributed by atoms with Crippen molar-refractivity contribution in [2.75, 3.05) is 13.2 Å². The summed E-state index contributed by atoms with van der Waals surface area (Å²) in [5.74, 6) is 0.516. The molecule has 0 radical (unpaired) electrons. The molecule has 2 aromatic rings. The van der Waals surface area contributed by atoms with Gasteiger partial charge in [0.2, 0.25) is 0 Å². The monoisotopic (exact) mass is 302 g/mol. The Hall–Kier alpha value is -3.02. The highest BCUT2D eigenvalue weighted by Gasteiger charge is 2.04. The highest BCUT2D eigenvalue weighted by atomic mass is 16.5. The van der Waals surface area contributed by atoms with Crippen molar-refractivity contribution in [2.24, 2.45) is 0 Å². The van der Waals surface area contributed by atoms with Gasteiger partial charge in [0.25, 0.3) is 0 Å². The van der Waals surface area contributed by atoms with Gasteiger partial charge in [-0.1, -0.05) is 0 Å². The molecule has 0 saturated carbocycles. The zero-order valence-corrected chi connectivity index (χ0v) is 11.6. The fourth-order valence-corrected chi connectivity index (χ4v) is 1.74. The summed E-state index contributed by atoms with van der Waals surface area (Å²) in [5, 5.41) is 19.0. The van der Waals surface area contributed by atoms with Gasteiger partial charge < -0.3 is 19.7 Å². The number of phenolic OH excluding ortho intramolecular Hbond substituents is 2. The summed E-state index contributed by atoms with van der Waals surface area (Å²) in [4.78, 5) is 21.1. The second kappa shape index (κ2) is 7.12. The van der Waals surface area contributed by atoms with Crippen molar-refractivity contribution in [3.63, 3.8) is 0 Å². The van der Waals surface area contributed by atoms with Crippen molar-refractivity contribution < 1.29 is 29.3 Å². The van der Waals surface area contributed by atoms with Gasteiger partial charge in [0.1, 0.15) is 36.2 Å². The summed E-state index contributed by atoms with van der Waals surface area (Å²) in [7, 11) is 0. The highest BCUT2D eigenvalue weighted by molar-refractivity contribution is 5.79. The average Bonchev–Trinajstić information content (AvgIpc) is 2.52. The summed E-state index contributed by atoms with van der Waals surface area (Å²) in [6.45, 7) is 0.409. The number of carbonyl (C=O) groups excluding carboxylic acids is 2. The molecule has 0 aliphatic heterocycles. The first-order chi connectivity index (χ1) is 10.6. The third-order valence-corrected chi connectivity index (χ3v) is 2.88. The van der Waals surface area contributed by atoms with Crippen LogP contribution < -0.4 is 9.47 Å². The lowest BCUT2D eigenvalue weighted by atomic mass is 10.2. The van der Waals surface area contributed by atoms with Crippen LogP contribution in [0.4, 0.5) is 0 Å². The summed E-state index contributed by atoms with van der Waals surface area (Å²) in [5.41, 5.74) is 0.378. The van der Waals surface area contributed by atoms with Gasteiger partial charge in [-0.05, 0) is 24.3 Å². The van der Waals surface area contributed by atoms with Crippen LogP contribution in [0.1, 0.15) is 20.7 Å². The zero-order chi connectivity index (χ0) is 15.9. The van der Waals surface area contributed by atoms with Crippen LogP contribution >= 0.6 is 0 Å². The second-order valence-electron chi connectivity index (χ2n) is 4.37. The predicted molar refractivity (Wildman–Crippen MR) is 78.0 cm³/mol. The number of rotatable bonds is 7. The van der Waals surface area contributed by atoms with E-state index in [0.717, 1.165) is 0 Å². The topological polar surface area (TPSA) is 93.1 Å². The van der Waals surface area contributed by atoms with Gasteiger partial charge in [0.05, 0.1) is 11.1 Å². The van der Waals surface area contributed by atoms with Crippen molar-refractivity contribution in [1.29, 1.82) is 0 Å². The molecule has 6 heteroatoms. The number of aldehydes is 2. The predicted octanol–water partition coefficient (Wildman–Crippen LogP) is 2.18. The van der Waals surface area contributed by atoms with Crippen molar-refractivity contribution >= 4 is 12.6 Å². The molecule has 2 rings (SSSR count). The number of aromatic hydroxyl groups is 2.